The van der Waals surface area contributed by atoms with Crippen LogP contribution in [-0.2, 0) is 28.6 Å². The minimum Gasteiger partial charge on any atom is -0.396 e. The summed E-state index contributed by atoms with van der Waals surface area (Å²) in [6.45, 7) is 0.287. The van der Waals surface area contributed by atoms with Crippen molar-refractivity contribution in [1.29, 1.82) is 0 Å². The molecule has 0 saturated heterocycles. The van der Waals surface area contributed by atoms with Crippen LogP contribution in [0.25, 0.3) is 0 Å². The van der Waals surface area contributed by atoms with Gasteiger partial charge in [-0.3, -0.25) is 8.37 Å². The van der Waals surface area contributed by atoms with Gasteiger partial charge in [-0.1, -0.05) is 0 Å². The van der Waals surface area contributed by atoms with Gasteiger partial charge in [-0.25, -0.2) is 0 Å². The Kier molecular flexibility index (Phi) is 6.38. The molecule has 0 unspecified atom stereocenters. The molecule has 2 saturated carbocycles. The standard InChI is InChI=1S/C7H14O6S2.C5H10O2/c1-14(8,9)12-5-7(3-4-7)6-13-15(2,10)11;6-3-5(4-7)1-2-5/h3-6H2,1-2H3;6-7H,1-4H2. The van der Waals surface area contributed by atoms with Crippen LogP contribution in [0, 0.1) is 10.8 Å². The Labute approximate surface area is 131 Å². The first-order valence-electron chi connectivity index (χ1n) is 6.85. The van der Waals surface area contributed by atoms with E-state index in [1.807, 2.05) is 0 Å². The lowest BCUT2D eigenvalue weighted by Crippen LogP contribution is -2.21. The van der Waals surface area contributed by atoms with E-state index in [9.17, 15) is 16.8 Å². The number of rotatable bonds is 8. The van der Waals surface area contributed by atoms with E-state index >= 15 is 0 Å². The van der Waals surface area contributed by atoms with E-state index in [1.165, 1.54) is 0 Å². The molecule has 10 heteroatoms. The lowest BCUT2D eigenvalue weighted by molar-refractivity contribution is 0.134. The van der Waals surface area contributed by atoms with E-state index in [1.54, 1.807) is 0 Å². The van der Waals surface area contributed by atoms with E-state index in [0.29, 0.717) is 0 Å². The van der Waals surface area contributed by atoms with Crippen molar-refractivity contribution < 1.29 is 35.4 Å². The van der Waals surface area contributed by atoms with Crippen molar-refractivity contribution in [3.8, 4) is 0 Å². The molecular weight excluding hydrogens is 336 g/mol. The van der Waals surface area contributed by atoms with Gasteiger partial charge in [0.1, 0.15) is 0 Å². The first kappa shape index (κ1) is 19.8. The van der Waals surface area contributed by atoms with Crippen LogP contribution < -0.4 is 0 Å². The van der Waals surface area contributed by atoms with Crippen molar-refractivity contribution in [2.24, 2.45) is 10.8 Å². The molecule has 0 amide bonds. The fourth-order valence-electron chi connectivity index (χ4n) is 1.51. The Morgan fingerprint density at radius 2 is 1.09 bits per heavy atom. The predicted octanol–water partition coefficient (Wildman–Crippen LogP) is -0.530. The highest BCUT2D eigenvalue weighted by molar-refractivity contribution is 7.86. The smallest absolute Gasteiger partial charge is 0.264 e. The second-order valence-electron chi connectivity index (χ2n) is 6.25. The Hall–Kier alpha value is -0.260. The zero-order valence-electron chi connectivity index (χ0n) is 12.8. The van der Waals surface area contributed by atoms with Gasteiger partial charge >= 0.3 is 0 Å². The average molecular weight is 360 g/mol. The van der Waals surface area contributed by atoms with Gasteiger partial charge in [0.25, 0.3) is 20.2 Å². The molecule has 0 aliphatic heterocycles. The highest BCUT2D eigenvalue weighted by Crippen LogP contribution is 2.46. The molecule has 0 aromatic heterocycles. The van der Waals surface area contributed by atoms with Crippen molar-refractivity contribution in [2.45, 2.75) is 25.7 Å². The van der Waals surface area contributed by atoms with Crippen molar-refractivity contribution in [3.63, 3.8) is 0 Å². The topological polar surface area (TPSA) is 127 Å². The Morgan fingerprint density at radius 1 is 0.773 bits per heavy atom. The second-order valence-corrected chi connectivity index (χ2v) is 9.54. The zero-order chi connectivity index (χ0) is 17.1. The minimum absolute atomic E-state index is 0.0125. The summed E-state index contributed by atoms with van der Waals surface area (Å²) in [5, 5.41) is 17.0. The van der Waals surface area contributed by atoms with Crippen molar-refractivity contribution in [1.82, 2.24) is 0 Å². The Bertz CT molecular complexity index is 514. The third-order valence-electron chi connectivity index (χ3n) is 3.74. The molecule has 132 valence electrons. The Morgan fingerprint density at radius 3 is 1.23 bits per heavy atom. The van der Waals surface area contributed by atoms with Crippen LogP contribution in [0.1, 0.15) is 25.7 Å². The van der Waals surface area contributed by atoms with Crippen molar-refractivity contribution >= 4 is 20.2 Å². The summed E-state index contributed by atoms with van der Waals surface area (Å²) in [5.74, 6) is 0. The van der Waals surface area contributed by atoms with Crippen LogP contribution in [0.3, 0.4) is 0 Å². The van der Waals surface area contributed by atoms with Gasteiger partial charge in [0.15, 0.2) is 0 Å². The van der Waals surface area contributed by atoms with Gasteiger partial charge in [-0.05, 0) is 25.7 Å². The fourth-order valence-corrected chi connectivity index (χ4v) is 2.44. The van der Waals surface area contributed by atoms with Crippen molar-refractivity contribution in [2.75, 3.05) is 38.9 Å². The summed E-state index contributed by atoms with van der Waals surface area (Å²) in [6, 6.07) is 0. The molecule has 2 N–H and O–H groups in total. The zero-order valence-corrected chi connectivity index (χ0v) is 14.5. The number of aliphatic hydroxyl groups is 2. The average Bonchev–Trinajstić information content (AvgIpc) is 3.30. The molecule has 0 aromatic rings. The van der Waals surface area contributed by atoms with E-state index in [0.717, 1.165) is 38.2 Å². The molecule has 8 nitrogen and oxygen atoms in total. The number of hydrogen-bond donors (Lipinski definition) is 2. The van der Waals surface area contributed by atoms with Gasteiger partial charge < -0.3 is 10.2 Å². The van der Waals surface area contributed by atoms with Crippen LogP contribution >= 0.6 is 0 Å². The van der Waals surface area contributed by atoms with E-state index in [-0.39, 0.29) is 31.8 Å². The third kappa shape index (κ3) is 7.84. The van der Waals surface area contributed by atoms with Crippen molar-refractivity contribution in [3.05, 3.63) is 0 Å². The van der Waals surface area contributed by atoms with E-state index < -0.39 is 25.7 Å². The molecule has 0 atom stereocenters. The minimum atomic E-state index is -3.48. The van der Waals surface area contributed by atoms with Gasteiger partial charge in [0.2, 0.25) is 0 Å². The summed E-state index contributed by atoms with van der Waals surface area (Å²) in [5.41, 5.74) is -0.494. The molecule has 0 bridgehead atoms. The summed E-state index contributed by atoms with van der Waals surface area (Å²) in [7, 11) is -6.95. The first-order valence-corrected chi connectivity index (χ1v) is 10.5. The van der Waals surface area contributed by atoms with Gasteiger partial charge in [-0.2, -0.15) is 16.8 Å². The van der Waals surface area contributed by atoms with Crippen LogP contribution in [0.15, 0.2) is 0 Å². The number of aliphatic hydroxyl groups excluding tert-OH is 2. The molecule has 0 heterocycles. The molecule has 2 rings (SSSR count). The molecule has 2 aliphatic carbocycles. The maximum Gasteiger partial charge on any atom is 0.264 e. The summed E-state index contributed by atoms with van der Waals surface area (Å²) in [6.07, 6.45) is 5.36. The molecule has 0 spiro atoms. The third-order valence-corrected chi connectivity index (χ3v) is 4.84. The molecule has 0 radical (unpaired) electrons. The SMILES string of the molecule is CS(=O)(=O)OCC1(COS(C)(=O)=O)CC1.OCC1(CO)CC1. The normalized spacial score (nSPS) is 21.6. The molecule has 2 fully saturated rings. The van der Waals surface area contributed by atoms with Gasteiger partial charge in [-0.15, -0.1) is 0 Å². The summed E-state index contributed by atoms with van der Waals surface area (Å²) in [4.78, 5) is 0. The van der Waals surface area contributed by atoms with Crippen LogP contribution in [0.5, 0.6) is 0 Å². The quantitative estimate of drug-likeness (QED) is 0.553. The van der Waals surface area contributed by atoms with E-state index in [2.05, 4.69) is 8.37 Å². The molecular formula is C12H24O8S2. The van der Waals surface area contributed by atoms with Gasteiger partial charge in [0, 0.05) is 10.8 Å². The number of hydrogen-bond acceptors (Lipinski definition) is 8. The second kappa shape index (κ2) is 7.10. The lowest BCUT2D eigenvalue weighted by atomic mass is 10.1. The maximum atomic E-state index is 10.7. The van der Waals surface area contributed by atoms with Crippen LogP contribution in [0.2, 0.25) is 0 Å². The predicted molar refractivity (Wildman–Crippen MR) is 79.1 cm³/mol. The largest absolute Gasteiger partial charge is 0.396 e. The maximum absolute atomic E-state index is 10.7. The Balaban J connectivity index is 0.000000287. The van der Waals surface area contributed by atoms with E-state index in [4.69, 9.17) is 10.2 Å². The fraction of sp³-hybridized carbons (Fsp3) is 1.00. The molecule has 2 aliphatic rings. The highest BCUT2D eigenvalue weighted by Gasteiger charge is 2.45. The molecule has 0 aromatic carbocycles. The first-order chi connectivity index (χ1) is 9.95. The summed E-state index contributed by atoms with van der Waals surface area (Å²) < 4.78 is 52.1. The lowest BCUT2D eigenvalue weighted by Gasteiger charge is -2.13. The van der Waals surface area contributed by atoms with Crippen LogP contribution in [0.4, 0.5) is 0 Å². The monoisotopic (exact) mass is 360 g/mol. The summed E-state index contributed by atoms with van der Waals surface area (Å²) >= 11 is 0. The van der Waals surface area contributed by atoms with Gasteiger partial charge in [0.05, 0.1) is 38.9 Å². The highest BCUT2D eigenvalue weighted by atomic mass is 32.2. The molecule has 22 heavy (non-hydrogen) atoms. The van der Waals surface area contributed by atoms with Crippen LogP contribution in [-0.4, -0.2) is 66.0 Å².